The van der Waals surface area contributed by atoms with Gasteiger partial charge in [-0.15, -0.1) is 10.2 Å². The van der Waals surface area contributed by atoms with Crippen LogP contribution in [0, 0.1) is 0 Å². The molecule has 4 rings (SSSR count). The van der Waals surface area contributed by atoms with Crippen molar-refractivity contribution >= 4 is 34.9 Å². The van der Waals surface area contributed by atoms with E-state index < -0.39 is 0 Å². The SMILES string of the molecule is COc1cccc(NC(=O)CSc2ccc(N3CCN(c4ccccc4)CC3)nn2)c1. The Labute approximate surface area is 186 Å². The smallest absolute Gasteiger partial charge is 0.234 e. The predicted molar refractivity (Wildman–Crippen MR) is 125 cm³/mol. The summed E-state index contributed by atoms with van der Waals surface area (Å²) in [5.74, 6) is 1.75. The summed E-state index contributed by atoms with van der Waals surface area (Å²) >= 11 is 1.37. The van der Waals surface area contributed by atoms with Crippen molar-refractivity contribution in [1.29, 1.82) is 0 Å². The maximum Gasteiger partial charge on any atom is 0.234 e. The molecule has 1 aliphatic rings. The zero-order valence-corrected chi connectivity index (χ0v) is 18.2. The lowest BCUT2D eigenvalue weighted by Gasteiger charge is -2.36. The van der Waals surface area contributed by atoms with Gasteiger partial charge in [-0.2, -0.15) is 0 Å². The van der Waals surface area contributed by atoms with Crippen molar-refractivity contribution < 1.29 is 9.53 Å². The number of methoxy groups -OCH3 is 1. The molecule has 1 amide bonds. The highest BCUT2D eigenvalue weighted by Crippen LogP contribution is 2.21. The molecule has 0 bridgehead atoms. The molecule has 0 saturated carbocycles. The lowest BCUT2D eigenvalue weighted by molar-refractivity contribution is -0.113. The standard InChI is InChI=1S/C23H25N5O2S/c1-30-20-9-5-6-18(16-20)24-22(29)17-31-23-11-10-21(25-26-23)28-14-12-27(13-15-28)19-7-3-2-4-8-19/h2-11,16H,12-15,17H2,1H3,(H,24,29). The zero-order chi connectivity index (χ0) is 21.5. The van der Waals surface area contributed by atoms with E-state index in [1.807, 2.05) is 36.4 Å². The molecule has 2 aromatic carbocycles. The van der Waals surface area contributed by atoms with E-state index in [-0.39, 0.29) is 11.7 Å². The number of amides is 1. The maximum atomic E-state index is 12.2. The van der Waals surface area contributed by atoms with Crippen LogP contribution in [0.2, 0.25) is 0 Å². The molecule has 1 fully saturated rings. The number of rotatable bonds is 7. The molecule has 0 atom stereocenters. The van der Waals surface area contributed by atoms with Crippen LogP contribution in [0.4, 0.5) is 17.2 Å². The van der Waals surface area contributed by atoms with Gasteiger partial charge in [0.05, 0.1) is 12.9 Å². The van der Waals surface area contributed by atoms with E-state index in [1.54, 1.807) is 13.2 Å². The van der Waals surface area contributed by atoms with Gasteiger partial charge in [0.25, 0.3) is 0 Å². The van der Waals surface area contributed by atoms with Gasteiger partial charge in [0.15, 0.2) is 5.82 Å². The molecular weight excluding hydrogens is 410 g/mol. The van der Waals surface area contributed by atoms with Gasteiger partial charge in [-0.25, -0.2) is 0 Å². The number of hydrogen-bond donors (Lipinski definition) is 1. The van der Waals surface area contributed by atoms with Gasteiger partial charge in [-0.1, -0.05) is 36.0 Å². The Hall–Kier alpha value is -3.26. The van der Waals surface area contributed by atoms with E-state index in [0.29, 0.717) is 11.4 Å². The Morgan fingerprint density at radius 2 is 1.74 bits per heavy atom. The molecular formula is C23H25N5O2S. The molecule has 1 aliphatic heterocycles. The molecule has 1 saturated heterocycles. The number of carbonyl (C=O) groups is 1. The van der Waals surface area contributed by atoms with E-state index in [2.05, 4.69) is 49.6 Å². The summed E-state index contributed by atoms with van der Waals surface area (Å²) in [6.45, 7) is 3.71. The average molecular weight is 436 g/mol. The van der Waals surface area contributed by atoms with E-state index in [1.165, 1.54) is 17.4 Å². The van der Waals surface area contributed by atoms with Crippen molar-refractivity contribution in [3.8, 4) is 5.75 Å². The minimum absolute atomic E-state index is 0.0961. The number of anilines is 3. The number of thioether (sulfide) groups is 1. The normalized spacial score (nSPS) is 13.7. The Balaban J connectivity index is 1.25. The molecule has 0 unspecified atom stereocenters. The lowest BCUT2D eigenvalue weighted by Crippen LogP contribution is -2.46. The van der Waals surface area contributed by atoms with E-state index in [4.69, 9.17) is 4.74 Å². The molecule has 31 heavy (non-hydrogen) atoms. The third kappa shape index (κ3) is 5.67. The predicted octanol–water partition coefficient (Wildman–Crippen LogP) is 3.54. The fraction of sp³-hybridized carbons (Fsp3) is 0.261. The van der Waals surface area contributed by atoms with Crippen LogP contribution in [0.25, 0.3) is 0 Å². The van der Waals surface area contributed by atoms with Crippen molar-refractivity contribution in [3.05, 3.63) is 66.7 Å². The van der Waals surface area contributed by atoms with E-state index in [0.717, 1.165) is 37.0 Å². The van der Waals surface area contributed by atoms with Gasteiger partial charge in [0, 0.05) is 43.6 Å². The van der Waals surface area contributed by atoms with Crippen molar-refractivity contribution in [3.63, 3.8) is 0 Å². The number of nitrogens with one attached hydrogen (secondary N) is 1. The molecule has 2 heterocycles. The average Bonchev–Trinajstić information content (AvgIpc) is 2.84. The summed E-state index contributed by atoms with van der Waals surface area (Å²) in [6.07, 6.45) is 0. The number of nitrogens with zero attached hydrogens (tertiary/aromatic N) is 4. The summed E-state index contributed by atoms with van der Waals surface area (Å²) in [4.78, 5) is 16.8. The molecule has 8 heteroatoms. The first-order chi connectivity index (χ1) is 15.2. The van der Waals surface area contributed by atoms with Crippen LogP contribution in [0.1, 0.15) is 0 Å². The molecule has 160 valence electrons. The summed E-state index contributed by atoms with van der Waals surface area (Å²) in [6, 6.07) is 21.7. The van der Waals surface area contributed by atoms with Crippen LogP contribution >= 0.6 is 11.8 Å². The van der Waals surface area contributed by atoms with Gasteiger partial charge in [-0.3, -0.25) is 4.79 Å². The Morgan fingerprint density at radius 1 is 0.968 bits per heavy atom. The first-order valence-corrected chi connectivity index (χ1v) is 11.2. The molecule has 7 nitrogen and oxygen atoms in total. The number of hydrogen-bond acceptors (Lipinski definition) is 7. The third-order valence-corrected chi connectivity index (χ3v) is 5.98. The number of ether oxygens (including phenoxy) is 1. The monoisotopic (exact) mass is 435 g/mol. The second-order valence-corrected chi connectivity index (χ2v) is 8.10. The molecule has 1 aromatic heterocycles. The minimum atomic E-state index is -0.0961. The van der Waals surface area contributed by atoms with Crippen LogP contribution in [-0.4, -0.2) is 55.1 Å². The fourth-order valence-corrected chi connectivity index (χ4v) is 4.04. The number of piperazine rings is 1. The molecule has 3 aromatic rings. The highest BCUT2D eigenvalue weighted by molar-refractivity contribution is 7.99. The van der Waals surface area contributed by atoms with Crippen LogP contribution in [-0.2, 0) is 4.79 Å². The van der Waals surface area contributed by atoms with Gasteiger partial charge in [0.1, 0.15) is 10.8 Å². The Kier molecular flexibility index (Phi) is 6.89. The van der Waals surface area contributed by atoms with E-state index >= 15 is 0 Å². The fourth-order valence-electron chi connectivity index (χ4n) is 3.43. The van der Waals surface area contributed by atoms with E-state index in [9.17, 15) is 4.79 Å². The highest BCUT2D eigenvalue weighted by Gasteiger charge is 2.18. The second-order valence-electron chi connectivity index (χ2n) is 7.11. The van der Waals surface area contributed by atoms with Gasteiger partial charge < -0.3 is 19.9 Å². The van der Waals surface area contributed by atoms with Crippen LogP contribution < -0.4 is 19.9 Å². The number of carbonyl (C=O) groups excluding carboxylic acids is 1. The van der Waals surface area contributed by atoms with Crippen molar-refractivity contribution in [2.24, 2.45) is 0 Å². The molecule has 0 radical (unpaired) electrons. The van der Waals surface area contributed by atoms with Gasteiger partial charge >= 0.3 is 0 Å². The zero-order valence-electron chi connectivity index (χ0n) is 17.4. The molecule has 0 spiro atoms. The van der Waals surface area contributed by atoms with Crippen LogP contribution in [0.5, 0.6) is 5.75 Å². The first kappa shape index (κ1) is 21.0. The second kappa shape index (κ2) is 10.2. The topological polar surface area (TPSA) is 70.6 Å². The summed E-state index contributed by atoms with van der Waals surface area (Å²) in [7, 11) is 1.60. The quantitative estimate of drug-likeness (QED) is 0.569. The van der Waals surface area contributed by atoms with Crippen LogP contribution in [0.3, 0.4) is 0 Å². The van der Waals surface area contributed by atoms with Crippen molar-refractivity contribution in [1.82, 2.24) is 10.2 Å². The van der Waals surface area contributed by atoms with Crippen molar-refractivity contribution in [2.45, 2.75) is 5.03 Å². The van der Waals surface area contributed by atoms with Crippen molar-refractivity contribution in [2.75, 3.05) is 54.2 Å². The number of para-hydroxylation sites is 1. The van der Waals surface area contributed by atoms with Crippen LogP contribution in [0.15, 0.2) is 71.8 Å². The van der Waals surface area contributed by atoms with Gasteiger partial charge in [-0.05, 0) is 36.4 Å². The minimum Gasteiger partial charge on any atom is -0.497 e. The number of aromatic nitrogens is 2. The lowest BCUT2D eigenvalue weighted by atomic mass is 10.2. The summed E-state index contributed by atoms with van der Waals surface area (Å²) in [5.41, 5.74) is 1.97. The molecule has 0 aliphatic carbocycles. The summed E-state index contributed by atoms with van der Waals surface area (Å²) in [5, 5.41) is 12.3. The highest BCUT2D eigenvalue weighted by atomic mass is 32.2. The largest absolute Gasteiger partial charge is 0.497 e. The summed E-state index contributed by atoms with van der Waals surface area (Å²) < 4.78 is 5.17. The Morgan fingerprint density at radius 3 is 2.45 bits per heavy atom. The Bertz CT molecular complexity index is 992. The molecule has 1 N–H and O–H groups in total. The maximum absolute atomic E-state index is 12.2. The first-order valence-electron chi connectivity index (χ1n) is 10.2. The third-order valence-electron chi connectivity index (χ3n) is 5.06. The number of benzene rings is 2. The van der Waals surface area contributed by atoms with Gasteiger partial charge in [0.2, 0.25) is 5.91 Å².